The molecule has 0 saturated carbocycles. The van der Waals surface area contributed by atoms with E-state index in [2.05, 4.69) is 26.9 Å². The summed E-state index contributed by atoms with van der Waals surface area (Å²) in [7, 11) is 0. The molecule has 114 valence electrons. The average Bonchev–Trinajstić information content (AvgIpc) is 3.10. The third-order valence-corrected chi connectivity index (χ3v) is 3.84. The molecule has 1 amide bonds. The summed E-state index contributed by atoms with van der Waals surface area (Å²) in [5, 5.41) is 14.0. The molecule has 1 aliphatic carbocycles. The molecule has 0 atom stereocenters. The van der Waals surface area contributed by atoms with Gasteiger partial charge in [0.25, 0.3) is 5.91 Å². The molecule has 22 heavy (non-hydrogen) atoms. The zero-order valence-electron chi connectivity index (χ0n) is 12.4. The second-order valence-corrected chi connectivity index (χ2v) is 5.42. The zero-order chi connectivity index (χ0) is 15.2. The highest BCUT2D eigenvalue weighted by Crippen LogP contribution is 2.19. The number of nitrogens with zero attached hydrogens (tertiary/aromatic N) is 4. The van der Waals surface area contributed by atoms with Gasteiger partial charge < -0.3 is 5.32 Å². The van der Waals surface area contributed by atoms with Crippen LogP contribution in [0, 0.1) is 0 Å². The Bertz CT molecular complexity index is 663. The molecule has 1 aromatic heterocycles. The molecule has 1 aliphatic rings. The van der Waals surface area contributed by atoms with E-state index in [1.807, 2.05) is 12.1 Å². The van der Waals surface area contributed by atoms with E-state index in [4.69, 9.17) is 0 Å². The minimum atomic E-state index is -0.0636. The van der Waals surface area contributed by atoms with Gasteiger partial charge in [0.05, 0.1) is 5.69 Å². The van der Waals surface area contributed by atoms with E-state index in [-0.39, 0.29) is 5.91 Å². The average molecular weight is 297 g/mol. The van der Waals surface area contributed by atoms with Crippen molar-refractivity contribution in [1.29, 1.82) is 0 Å². The standard InChI is InChI=1S/C16H19N5O/c22-16(17-10-9-13-5-2-1-3-6-13)14-7-4-8-15(11-14)21-12-18-19-20-21/h4-5,7-8,11-12H,1-3,6,9-10H2,(H,17,22). The molecule has 1 aromatic carbocycles. The Morgan fingerprint density at radius 1 is 1.32 bits per heavy atom. The summed E-state index contributed by atoms with van der Waals surface area (Å²) in [5.41, 5.74) is 2.85. The highest BCUT2D eigenvalue weighted by molar-refractivity contribution is 5.94. The normalized spacial score (nSPS) is 14.5. The molecule has 3 rings (SSSR count). The number of hydrogen-bond acceptors (Lipinski definition) is 4. The third kappa shape index (κ3) is 3.58. The molecule has 0 bridgehead atoms. The van der Waals surface area contributed by atoms with Gasteiger partial charge in [-0.2, -0.15) is 0 Å². The van der Waals surface area contributed by atoms with Gasteiger partial charge in [0.15, 0.2) is 0 Å². The van der Waals surface area contributed by atoms with Gasteiger partial charge in [-0.25, -0.2) is 4.68 Å². The maximum atomic E-state index is 12.2. The first-order valence-corrected chi connectivity index (χ1v) is 7.62. The lowest BCUT2D eigenvalue weighted by atomic mass is 9.97. The maximum absolute atomic E-state index is 12.2. The van der Waals surface area contributed by atoms with Crippen LogP contribution in [0.2, 0.25) is 0 Å². The van der Waals surface area contributed by atoms with Crippen LogP contribution in [0.4, 0.5) is 0 Å². The van der Waals surface area contributed by atoms with Gasteiger partial charge in [0, 0.05) is 12.1 Å². The van der Waals surface area contributed by atoms with Crippen molar-refractivity contribution in [3.05, 3.63) is 47.8 Å². The summed E-state index contributed by atoms with van der Waals surface area (Å²) >= 11 is 0. The lowest BCUT2D eigenvalue weighted by molar-refractivity contribution is 0.0954. The van der Waals surface area contributed by atoms with Crippen molar-refractivity contribution in [2.75, 3.05) is 6.54 Å². The Morgan fingerprint density at radius 3 is 3.05 bits per heavy atom. The zero-order valence-corrected chi connectivity index (χ0v) is 12.4. The Labute approximate surface area is 129 Å². The van der Waals surface area contributed by atoms with Gasteiger partial charge in [-0.1, -0.05) is 17.7 Å². The fourth-order valence-corrected chi connectivity index (χ4v) is 2.64. The van der Waals surface area contributed by atoms with Crippen molar-refractivity contribution in [2.45, 2.75) is 32.1 Å². The van der Waals surface area contributed by atoms with Gasteiger partial charge in [-0.3, -0.25) is 4.79 Å². The largest absolute Gasteiger partial charge is 0.352 e. The van der Waals surface area contributed by atoms with Crippen LogP contribution >= 0.6 is 0 Å². The monoisotopic (exact) mass is 297 g/mol. The predicted molar refractivity (Wildman–Crippen MR) is 82.7 cm³/mol. The maximum Gasteiger partial charge on any atom is 0.251 e. The number of carbonyl (C=O) groups is 1. The van der Waals surface area contributed by atoms with E-state index in [1.54, 1.807) is 12.1 Å². The van der Waals surface area contributed by atoms with E-state index in [9.17, 15) is 4.79 Å². The smallest absolute Gasteiger partial charge is 0.251 e. The number of allylic oxidation sites excluding steroid dienone is 1. The summed E-state index contributed by atoms with van der Waals surface area (Å²) in [6, 6.07) is 7.27. The van der Waals surface area contributed by atoms with Gasteiger partial charge in [0.2, 0.25) is 0 Å². The van der Waals surface area contributed by atoms with Gasteiger partial charge in [-0.05, 0) is 60.7 Å². The second kappa shape index (κ2) is 6.98. The van der Waals surface area contributed by atoms with E-state index in [0.717, 1.165) is 12.1 Å². The van der Waals surface area contributed by atoms with E-state index >= 15 is 0 Å². The van der Waals surface area contributed by atoms with Crippen LogP contribution in [-0.4, -0.2) is 32.7 Å². The third-order valence-electron chi connectivity index (χ3n) is 3.84. The van der Waals surface area contributed by atoms with E-state index < -0.39 is 0 Å². The Hall–Kier alpha value is -2.50. The van der Waals surface area contributed by atoms with Crippen LogP contribution in [0.3, 0.4) is 0 Å². The van der Waals surface area contributed by atoms with Crippen LogP contribution in [0.25, 0.3) is 5.69 Å². The minimum Gasteiger partial charge on any atom is -0.352 e. The van der Waals surface area contributed by atoms with Crippen molar-refractivity contribution in [3.8, 4) is 5.69 Å². The van der Waals surface area contributed by atoms with Crippen LogP contribution in [0.15, 0.2) is 42.2 Å². The van der Waals surface area contributed by atoms with Crippen LogP contribution in [0.1, 0.15) is 42.5 Å². The molecule has 2 aromatic rings. The summed E-state index contributed by atoms with van der Waals surface area (Å²) in [4.78, 5) is 12.2. The second-order valence-electron chi connectivity index (χ2n) is 5.42. The lowest BCUT2D eigenvalue weighted by Gasteiger charge is -2.13. The Balaban J connectivity index is 1.58. The van der Waals surface area contributed by atoms with Crippen molar-refractivity contribution in [1.82, 2.24) is 25.5 Å². The quantitative estimate of drug-likeness (QED) is 0.859. The molecule has 1 N–H and O–H groups in total. The first-order chi connectivity index (χ1) is 10.8. The molecule has 0 aliphatic heterocycles. The molecule has 0 fully saturated rings. The molecule has 6 nitrogen and oxygen atoms in total. The topological polar surface area (TPSA) is 72.7 Å². The number of benzene rings is 1. The number of aromatic nitrogens is 4. The number of tetrazole rings is 1. The molecule has 0 spiro atoms. The lowest BCUT2D eigenvalue weighted by Crippen LogP contribution is -2.25. The minimum absolute atomic E-state index is 0.0636. The molecule has 0 radical (unpaired) electrons. The first-order valence-electron chi connectivity index (χ1n) is 7.62. The van der Waals surface area contributed by atoms with Crippen molar-refractivity contribution in [3.63, 3.8) is 0 Å². The fraction of sp³-hybridized carbons (Fsp3) is 0.375. The van der Waals surface area contributed by atoms with Gasteiger partial charge >= 0.3 is 0 Å². The van der Waals surface area contributed by atoms with Crippen LogP contribution in [0.5, 0.6) is 0 Å². The first kappa shape index (κ1) is 14.4. The van der Waals surface area contributed by atoms with E-state index in [0.29, 0.717) is 12.1 Å². The van der Waals surface area contributed by atoms with Crippen LogP contribution < -0.4 is 5.32 Å². The molecule has 0 unspecified atom stereocenters. The summed E-state index contributed by atoms with van der Waals surface area (Å²) in [5.74, 6) is -0.0636. The van der Waals surface area contributed by atoms with Gasteiger partial charge in [0.1, 0.15) is 6.33 Å². The van der Waals surface area contributed by atoms with Gasteiger partial charge in [-0.15, -0.1) is 5.10 Å². The number of hydrogen-bond donors (Lipinski definition) is 1. The number of carbonyl (C=O) groups excluding carboxylic acids is 1. The van der Waals surface area contributed by atoms with Crippen molar-refractivity contribution in [2.24, 2.45) is 0 Å². The molecular formula is C16H19N5O. The molecule has 1 heterocycles. The van der Waals surface area contributed by atoms with Crippen molar-refractivity contribution >= 4 is 5.91 Å². The molecule has 0 saturated heterocycles. The molecular weight excluding hydrogens is 278 g/mol. The Morgan fingerprint density at radius 2 is 2.27 bits per heavy atom. The number of nitrogens with one attached hydrogen (secondary N) is 1. The molecule has 6 heteroatoms. The fourth-order valence-electron chi connectivity index (χ4n) is 2.64. The summed E-state index contributed by atoms with van der Waals surface area (Å²) < 4.78 is 1.53. The predicted octanol–water partition coefficient (Wildman–Crippen LogP) is 2.28. The summed E-state index contributed by atoms with van der Waals surface area (Å²) in [6.45, 7) is 0.680. The summed E-state index contributed by atoms with van der Waals surface area (Å²) in [6.07, 6.45) is 9.68. The van der Waals surface area contributed by atoms with E-state index in [1.165, 1.54) is 42.3 Å². The van der Waals surface area contributed by atoms with Crippen molar-refractivity contribution < 1.29 is 4.79 Å². The highest BCUT2D eigenvalue weighted by Gasteiger charge is 2.08. The van der Waals surface area contributed by atoms with Crippen LogP contribution in [-0.2, 0) is 0 Å². The SMILES string of the molecule is O=C(NCCC1=CCCCC1)c1cccc(-n2cnnn2)c1. The highest BCUT2D eigenvalue weighted by atomic mass is 16.1. The Kier molecular flexibility index (Phi) is 4.58. The number of amides is 1. The number of rotatable bonds is 5.